The van der Waals surface area contributed by atoms with Gasteiger partial charge in [0.2, 0.25) is 5.91 Å². The summed E-state index contributed by atoms with van der Waals surface area (Å²) in [6.45, 7) is 7.08. The molecule has 0 atom stereocenters. The van der Waals surface area contributed by atoms with Crippen molar-refractivity contribution in [2.75, 3.05) is 39.5 Å². The second-order valence-electron chi connectivity index (χ2n) is 7.00. The van der Waals surface area contributed by atoms with Gasteiger partial charge in [-0.1, -0.05) is 11.8 Å². The number of hydrogen-bond donors (Lipinski definition) is 0. The minimum Gasteiger partial charge on any atom is -0.343 e. The molecule has 0 saturated carbocycles. The molecule has 1 aromatic rings. The van der Waals surface area contributed by atoms with Crippen molar-refractivity contribution < 1.29 is 4.79 Å². The third-order valence-electron chi connectivity index (χ3n) is 4.89. The first-order valence-corrected chi connectivity index (χ1v) is 10.6. The molecule has 7 heteroatoms. The number of thioether (sulfide) groups is 1. The first kappa shape index (κ1) is 21.0. The van der Waals surface area contributed by atoms with Gasteiger partial charge in [-0.25, -0.2) is 4.79 Å². The molecule has 2 rings (SSSR count). The predicted octanol–water partition coefficient (Wildman–Crippen LogP) is 2.03. The van der Waals surface area contributed by atoms with Gasteiger partial charge in [0, 0.05) is 30.9 Å². The lowest BCUT2D eigenvalue weighted by Gasteiger charge is -2.23. The Bertz CT molecular complexity index is 668. The molecule has 0 bridgehead atoms. The maximum absolute atomic E-state index is 12.6. The zero-order chi connectivity index (χ0) is 19.1. The molecule has 1 aliphatic rings. The van der Waals surface area contributed by atoms with Crippen LogP contribution in [-0.4, -0.2) is 64.7 Å². The van der Waals surface area contributed by atoms with Gasteiger partial charge in [-0.05, 0) is 66.6 Å². The van der Waals surface area contributed by atoms with E-state index in [2.05, 4.69) is 9.88 Å². The molecule has 0 N–H and O–H groups in total. The molecule has 0 fully saturated rings. The highest BCUT2D eigenvalue weighted by Gasteiger charge is 2.21. The van der Waals surface area contributed by atoms with Crippen LogP contribution < -0.4 is 5.69 Å². The van der Waals surface area contributed by atoms with Crippen LogP contribution in [0.5, 0.6) is 0 Å². The highest BCUT2D eigenvalue weighted by atomic mass is 32.2. The predicted molar refractivity (Wildman–Crippen MR) is 107 cm³/mol. The van der Waals surface area contributed by atoms with Crippen LogP contribution in [0.15, 0.2) is 9.82 Å². The Morgan fingerprint density at radius 1 is 1.19 bits per heavy atom. The second kappa shape index (κ2) is 10.1. The summed E-state index contributed by atoms with van der Waals surface area (Å²) in [5, 5.41) is 0.772. The van der Waals surface area contributed by atoms with Gasteiger partial charge in [-0.2, -0.15) is 4.98 Å². The van der Waals surface area contributed by atoms with Gasteiger partial charge < -0.3 is 9.80 Å². The van der Waals surface area contributed by atoms with Crippen LogP contribution in [0.4, 0.5) is 0 Å². The molecule has 0 spiro atoms. The molecule has 1 aromatic heterocycles. The monoisotopic (exact) mass is 380 g/mol. The molecule has 1 amide bonds. The smallest absolute Gasteiger partial charge is 0.343 e. The number of fused-ring (bicyclic) bond motifs is 1. The molecular formula is C19H32N4O2S. The van der Waals surface area contributed by atoms with Crippen LogP contribution in [0, 0.1) is 0 Å². The fourth-order valence-corrected chi connectivity index (χ4v) is 4.42. The molecule has 0 aromatic carbocycles. The van der Waals surface area contributed by atoms with E-state index in [-0.39, 0.29) is 11.6 Å². The van der Waals surface area contributed by atoms with Crippen molar-refractivity contribution in [1.82, 2.24) is 19.4 Å². The summed E-state index contributed by atoms with van der Waals surface area (Å²) in [4.78, 5) is 33.2. The fourth-order valence-electron chi connectivity index (χ4n) is 3.44. The number of carbonyl (C=O) groups excluding carboxylic acids is 1. The Labute approximate surface area is 161 Å². The van der Waals surface area contributed by atoms with E-state index in [4.69, 9.17) is 0 Å². The highest BCUT2D eigenvalue weighted by molar-refractivity contribution is 7.99. The van der Waals surface area contributed by atoms with Crippen LogP contribution in [0.1, 0.15) is 44.4 Å². The average Bonchev–Trinajstić information content (AvgIpc) is 2.62. The van der Waals surface area contributed by atoms with E-state index in [9.17, 15) is 9.59 Å². The number of hydrogen-bond acceptors (Lipinski definition) is 5. The van der Waals surface area contributed by atoms with Gasteiger partial charge in [-0.15, -0.1) is 0 Å². The Balaban J connectivity index is 2.19. The van der Waals surface area contributed by atoms with E-state index in [0.29, 0.717) is 5.75 Å². The quantitative estimate of drug-likeness (QED) is 0.485. The lowest BCUT2D eigenvalue weighted by atomic mass is 9.97. The number of aromatic nitrogens is 2. The maximum atomic E-state index is 12.6. The van der Waals surface area contributed by atoms with Crippen molar-refractivity contribution in [3.8, 4) is 0 Å². The third kappa shape index (κ3) is 5.33. The number of carbonyl (C=O) groups is 1. The van der Waals surface area contributed by atoms with E-state index in [1.807, 2.05) is 37.4 Å². The van der Waals surface area contributed by atoms with E-state index in [0.717, 1.165) is 69.0 Å². The van der Waals surface area contributed by atoms with Crippen LogP contribution in [0.3, 0.4) is 0 Å². The van der Waals surface area contributed by atoms with Crippen LogP contribution in [0.2, 0.25) is 0 Å². The largest absolute Gasteiger partial charge is 0.348 e. The van der Waals surface area contributed by atoms with Crippen molar-refractivity contribution in [2.45, 2.75) is 57.5 Å². The number of rotatable bonds is 9. The SMILES string of the molecule is CCN(CC)C(=O)CSc1nc(=O)n(CCCN(C)C)c2c1CCCC2. The van der Waals surface area contributed by atoms with Crippen LogP contribution in [-0.2, 0) is 24.2 Å². The summed E-state index contributed by atoms with van der Waals surface area (Å²) in [6.07, 6.45) is 5.08. The van der Waals surface area contributed by atoms with Crippen LogP contribution in [0.25, 0.3) is 0 Å². The molecule has 0 saturated heterocycles. The lowest BCUT2D eigenvalue weighted by molar-refractivity contribution is -0.127. The van der Waals surface area contributed by atoms with Crippen molar-refractivity contribution in [3.05, 3.63) is 21.7 Å². The Kier molecular flexibility index (Phi) is 8.15. The lowest BCUT2D eigenvalue weighted by Crippen LogP contribution is -2.33. The normalized spacial score (nSPS) is 13.7. The topological polar surface area (TPSA) is 58.4 Å². The molecule has 1 aliphatic carbocycles. The third-order valence-corrected chi connectivity index (χ3v) is 5.89. The Morgan fingerprint density at radius 3 is 2.54 bits per heavy atom. The maximum Gasteiger partial charge on any atom is 0.348 e. The summed E-state index contributed by atoms with van der Waals surface area (Å²) in [5.74, 6) is 0.465. The zero-order valence-corrected chi connectivity index (χ0v) is 17.4. The molecule has 0 aliphatic heterocycles. The summed E-state index contributed by atoms with van der Waals surface area (Å²) in [7, 11) is 4.09. The first-order chi connectivity index (χ1) is 12.5. The zero-order valence-electron chi connectivity index (χ0n) is 16.6. The fraction of sp³-hybridized carbons (Fsp3) is 0.737. The van der Waals surface area contributed by atoms with Crippen molar-refractivity contribution in [1.29, 1.82) is 0 Å². The van der Waals surface area contributed by atoms with Crippen molar-refractivity contribution >= 4 is 17.7 Å². The molecule has 1 heterocycles. The van der Waals surface area contributed by atoms with Gasteiger partial charge in [0.25, 0.3) is 0 Å². The van der Waals surface area contributed by atoms with Gasteiger partial charge >= 0.3 is 5.69 Å². The molecule has 146 valence electrons. The van der Waals surface area contributed by atoms with E-state index >= 15 is 0 Å². The van der Waals surface area contributed by atoms with Crippen molar-refractivity contribution in [3.63, 3.8) is 0 Å². The molecule has 0 radical (unpaired) electrons. The number of amides is 1. The first-order valence-electron chi connectivity index (χ1n) is 9.65. The van der Waals surface area contributed by atoms with Gasteiger partial charge in [-0.3, -0.25) is 9.36 Å². The second-order valence-corrected chi connectivity index (χ2v) is 7.96. The summed E-state index contributed by atoms with van der Waals surface area (Å²) >= 11 is 1.43. The summed E-state index contributed by atoms with van der Waals surface area (Å²) in [5.41, 5.74) is 2.17. The number of nitrogens with zero attached hydrogens (tertiary/aromatic N) is 4. The van der Waals surface area contributed by atoms with Gasteiger partial charge in [0.15, 0.2) is 0 Å². The Morgan fingerprint density at radius 2 is 1.88 bits per heavy atom. The van der Waals surface area contributed by atoms with Crippen molar-refractivity contribution in [2.24, 2.45) is 0 Å². The average molecular weight is 381 g/mol. The minimum atomic E-state index is -0.165. The van der Waals surface area contributed by atoms with E-state index in [1.54, 1.807) is 0 Å². The minimum absolute atomic E-state index is 0.113. The highest BCUT2D eigenvalue weighted by Crippen LogP contribution is 2.28. The van der Waals surface area contributed by atoms with E-state index in [1.165, 1.54) is 17.3 Å². The summed E-state index contributed by atoms with van der Waals surface area (Å²) < 4.78 is 1.87. The standard InChI is InChI=1S/C19H32N4O2S/c1-5-22(6-2)17(24)14-26-18-15-10-7-8-11-16(15)23(19(25)20-18)13-9-12-21(3)4/h5-14H2,1-4H3. The van der Waals surface area contributed by atoms with Gasteiger partial charge in [0.1, 0.15) is 5.03 Å². The summed E-state index contributed by atoms with van der Waals surface area (Å²) in [6, 6.07) is 0. The Hall–Kier alpha value is -1.34. The van der Waals surface area contributed by atoms with Crippen LogP contribution >= 0.6 is 11.8 Å². The molecule has 0 unspecified atom stereocenters. The molecule has 26 heavy (non-hydrogen) atoms. The molecular weight excluding hydrogens is 348 g/mol. The van der Waals surface area contributed by atoms with E-state index < -0.39 is 0 Å². The molecule has 6 nitrogen and oxygen atoms in total. The van der Waals surface area contributed by atoms with Gasteiger partial charge in [0.05, 0.1) is 5.75 Å².